The van der Waals surface area contributed by atoms with Crippen molar-refractivity contribution >= 4 is 34.2 Å². The van der Waals surface area contributed by atoms with E-state index in [-0.39, 0.29) is 33.3 Å². The Morgan fingerprint density at radius 1 is 1.11 bits per heavy atom. The van der Waals surface area contributed by atoms with E-state index in [1.807, 2.05) is 45.2 Å². The Balaban J connectivity index is 1.40. The first-order chi connectivity index (χ1) is 18.0. The Labute approximate surface area is 224 Å². The fourth-order valence-corrected chi connectivity index (χ4v) is 6.50. The molecule has 3 fully saturated rings. The third kappa shape index (κ3) is 3.60. The van der Waals surface area contributed by atoms with E-state index in [9.17, 15) is 14.7 Å². The predicted octanol–water partition coefficient (Wildman–Crippen LogP) is 4.63. The van der Waals surface area contributed by atoms with Gasteiger partial charge >= 0.3 is 5.97 Å². The van der Waals surface area contributed by atoms with Gasteiger partial charge in [0.15, 0.2) is 5.69 Å². The van der Waals surface area contributed by atoms with Crippen LogP contribution in [0.1, 0.15) is 71.2 Å². The second kappa shape index (κ2) is 8.33. The van der Waals surface area contributed by atoms with Crippen LogP contribution < -0.4 is 10.9 Å². The number of aromatic nitrogens is 5. The van der Waals surface area contributed by atoms with Gasteiger partial charge in [-0.2, -0.15) is 0 Å². The van der Waals surface area contributed by atoms with Gasteiger partial charge in [-0.25, -0.2) is 24.7 Å². The molecule has 0 radical (unpaired) electrons. The first kappa shape index (κ1) is 24.5. The Kier molecular flexibility index (Phi) is 5.36. The zero-order chi connectivity index (χ0) is 27.0. The standard InChI is InChI=1S/C28H27ClN6O3/c1-14-9-17(16(3)32-19-5-6-20(29)33-22(19)24(37)38)21-18(10-14)23(36)35(4)26(34-21)28-11-27(12-28,13-28)25-30-8-7-15(2)31-25/h5-10,16,32H,11-13H2,1-4H3,(H,37,38)/t16-,27?,28?/m1/s1. The fourth-order valence-electron chi connectivity index (χ4n) is 6.35. The van der Waals surface area contributed by atoms with Crippen molar-refractivity contribution in [1.29, 1.82) is 0 Å². The van der Waals surface area contributed by atoms with Gasteiger partial charge in [-0.15, -0.1) is 0 Å². The molecule has 10 heteroatoms. The van der Waals surface area contributed by atoms with Gasteiger partial charge < -0.3 is 10.4 Å². The molecule has 2 N–H and O–H groups in total. The average molecular weight is 531 g/mol. The van der Waals surface area contributed by atoms with Gasteiger partial charge in [-0.3, -0.25) is 9.36 Å². The zero-order valence-electron chi connectivity index (χ0n) is 21.5. The maximum atomic E-state index is 13.6. The van der Waals surface area contributed by atoms with E-state index in [1.54, 1.807) is 23.7 Å². The summed E-state index contributed by atoms with van der Waals surface area (Å²) >= 11 is 5.93. The highest BCUT2D eigenvalue weighted by molar-refractivity contribution is 6.29. The Morgan fingerprint density at radius 2 is 1.84 bits per heavy atom. The van der Waals surface area contributed by atoms with Gasteiger partial charge in [-0.05, 0) is 69.9 Å². The van der Waals surface area contributed by atoms with Crippen LogP contribution in [0, 0.1) is 13.8 Å². The molecule has 3 aliphatic rings. The summed E-state index contributed by atoms with van der Waals surface area (Å²) in [6.45, 7) is 5.82. The van der Waals surface area contributed by atoms with Crippen molar-refractivity contribution in [3.8, 4) is 0 Å². The SMILES string of the molecule is Cc1cc([C@@H](C)Nc2ccc(Cl)nc2C(=O)O)c2nc(C34CC(c5nccc(C)n5)(C3)C4)n(C)c(=O)c2c1. The largest absolute Gasteiger partial charge is 0.476 e. The van der Waals surface area contributed by atoms with E-state index in [0.717, 1.165) is 47.7 Å². The van der Waals surface area contributed by atoms with E-state index in [0.29, 0.717) is 16.6 Å². The number of fused-ring (bicyclic) bond motifs is 1. The molecule has 1 atom stereocenters. The molecule has 38 heavy (non-hydrogen) atoms. The summed E-state index contributed by atoms with van der Waals surface area (Å²) in [6, 6.07) is 8.54. The number of carbonyl (C=O) groups is 1. The molecule has 3 aromatic heterocycles. The van der Waals surface area contributed by atoms with Crippen LogP contribution in [0.15, 0.2) is 41.3 Å². The van der Waals surface area contributed by atoms with E-state index >= 15 is 0 Å². The van der Waals surface area contributed by atoms with Crippen LogP contribution in [0.4, 0.5) is 5.69 Å². The Hall–Kier alpha value is -3.85. The number of aryl methyl sites for hydroxylation is 2. The van der Waals surface area contributed by atoms with Gasteiger partial charge in [0.1, 0.15) is 16.8 Å². The smallest absolute Gasteiger partial charge is 0.356 e. The number of pyridine rings is 1. The first-order valence-electron chi connectivity index (χ1n) is 12.5. The monoisotopic (exact) mass is 530 g/mol. The van der Waals surface area contributed by atoms with Crippen molar-refractivity contribution in [3.63, 3.8) is 0 Å². The molecule has 3 heterocycles. The zero-order valence-corrected chi connectivity index (χ0v) is 22.3. The highest BCUT2D eigenvalue weighted by atomic mass is 35.5. The third-order valence-electron chi connectivity index (χ3n) is 8.03. The number of rotatable bonds is 6. The molecule has 3 saturated carbocycles. The molecule has 0 spiro atoms. The lowest BCUT2D eigenvalue weighted by molar-refractivity contribution is -0.0837. The molecule has 194 valence electrons. The van der Waals surface area contributed by atoms with Crippen LogP contribution >= 0.6 is 11.6 Å². The maximum absolute atomic E-state index is 13.6. The topological polar surface area (TPSA) is 123 Å². The highest BCUT2D eigenvalue weighted by Crippen LogP contribution is 2.72. The lowest BCUT2D eigenvalue weighted by atomic mass is 9.34. The number of carboxylic acids is 1. The second-order valence-corrected chi connectivity index (χ2v) is 11.3. The summed E-state index contributed by atoms with van der Waals surface area (Å²) in [5.41, 5.74) is 3.17. The van der Waals surface area contributed by atoms with Gasteiger partial charge in [0.05, 0.1) is 22.6 Å². The Morgan fingerprint density at radius 3 is 2.53 bits per heavy atom. The van der Waals surface area contributed by atoms with E-state index in [2.05, 4.69) is 20.3 Å². The lowest BCUT2D eigenvalue weighted by Gasteiger charge is -2.69. The number of aromatic carboxylic acids is 1. The summed E-state index contributed by atoms with van der Waals surface area (Å²) in [5.74, 6) is 0.479. The van der Waals surface area contributed by atoms with Crippen LogP contribution in [-0.2, 0) is 17.9 Å². The van der Waals surface area contributed by atoms with Gasteiger partial charge in [0.2, 0.25) is 0 Å². The second-order valence-electron chi connectivity index (χ2n) is 10.9. The molecule has 0 saturated heterocycles. The Bertz CT molecular complexity index is 1700. The summed E-state index contributed by atoms with van der Waals surface area (Å²) in [7, 11) is 1.79. The van der Waals surface area contributed by atoms with Crippen molar-refractivity contribution in [2.24, 2.45) is 7.05 Å². The third-order valence-corrected chi connectivity index (χ3v) is 8.24. The molecule has 0 unspecified atom stereocenters. The molecule has 7 rings (SSSR count). The number of hydrogen-bond acceptors (Lipinski definition) is 7. The lowest BCUT2D eigenvalue weighted by Crippen LogP contribution is -2.69. The molecule has 3 aliphatic carbocycles. The van der Waals surface area contributed by atoms with Gasteiger partial charge in [-0.1, -0.05) is 17.7 Å². The summed E-state index contributed by atoms with van der Waals surface area (Å²) in [4.78, 5) is 43.6. The normalized spacial score (nSPS) is 22.4. The number of hydrogen-bond donors (Lipinski definition) is 2. The molecular formula is C28H27ClN6O3. The molecular weight excluding hydrogens is 504 g/mol. The van der Waals surface area contributed by atoms with E-state index in [1.165, 1.54) is 0 Å². The first-order valence-corrected chi connectivity index (χ1v) is 12.9. The molecule has 2 bridgehead atoms. The summed E-state index contributed by atoms with van der Waals surface area (Å²) < 4.78 is 1.69. The predicted molar refractivity (Wildman–Crippen MR) is 144 cm³/mol. The minimum Gasteiger partial charge on any atom is -0.476 e. The van der Waals surface area contributed by atoms with Crippen LogP contribution in [0.5, 0.6) is 0 Å². The number of halogens is 1. The van der Waals surface area contributed by atoms with Crippen LogP contribution in [-0.4, -0.2) is 35.6 Å². The number of benzene rings is 1. The van der Waals surface area contributed by atoms with Gasteiger partial charge in [0, 0.05) is 35.3 Å². The number of carboxylic acid groups (broad SMARTS) is 1. The van der Waals surface area contributed by atoms with Crippen LogP contribution in [0.25, 0.3) is 10.9 Å². The summed E-state index contributed by atoms with van der Waals surface area (Å²) in [5, 5.41) is 13.5. The van der Waals surface area contributed by atoms with Crippen LogP contribution in [0.3, 0.4) is 0 Å². The van der Waals surface area contributed by atoms with E-state index in [4.69, 9.17) is 16.6 Å². The number of nitrogens with one attached hydrogen (secondary N) is 1. The van der Waals surface area contributed by atoms with Crippen molar-refractivity contribution < 1.29 is 9.90 Å². The summed E-state index contributed by atoms with van der Waals surface area (Å²) in [6.07, 6.45) is 4.40. The minimum absolute atomic E-state index is 0.0432. The molecule has 4 aromatic rings. The molecule has 9 nitrogen and oxygen atoms in total. The molecule has 0 amide bonds. The fraction of sp³-hybridized carbons (Fsp3) is 0.357. The van der Waals surface area contributed by atoms with Crippen molar-refractivity contribution in [2.75, 3.05) is 5.32 Å². The number of anilines is 1. The molecule has 0 aliphatic heterocycles. The maximum Gasteiger partial charge on any atom is 0.356 e. The average Bonchev–Trinajstić information content (AvgIpc) is 2.81. The van der Waals surface area contributed by atoms with E-state index < -0.39 is 5.97 Å². The minimum atomic E-state index is -1.18. The number of nitrogens with zero attached hydrogens (tertiary/aromatic N) is 5. The van der Waals surface area contributed by atoms with Crippen molar-refractivity contribution in [2.45, 2.75) is 56.9 Å². The van der Waals surface area contributed by atoms with Crippen molar-refractivity contribution in [3.05, 3.63) is 86.2 Å². The molecule has 1 aromatic carbocycles. The highest BCUT2D eigenvalue weighted by Gasteiger charge is 2.72. The van der Waals surface area contributed by atoms with Crippen molar-refractivity contribution in [1.82, 2.24) is 24.5 Å². The van der Waals surface area contributed by atoms with Crippen LogP contribution in [0.2, 0.25) is 5.15 Å². The van der Waals surface area contributed by atoms with Gasteiger partial charge in [0.25, 0.3) is 5.56 Å². The quantitative estimate of drug-likeness (QED) is 0.346.